The van der Waals surface area contributed by atoms with Gasteiger partial charge >= 0.3 is 5.63 Å². The first kappa shape index (κ1) is 23.0. The summed E-state index contributed by atoms with van der Waals surface area (Å²) in [6, 6.07) is 4.54. The number of allylic oxidation sites excluding steroid dienone is 1. The van der Waals surface area contributed by atoms with Crippen LogP contribution in [-0.2, 0) is 4.74 Å². The van der Waals surface area contributed by atoms with E-state index in [2.05, 4.69) is 0 Å². The van der Waals surface area contributed by atoms with Crippen LogP contribution in [0.15, 0.2) is 39.6 Å². The Morgan fingerprint density at radius 3 is 2.61 bits per heavy atom. The first-order chi connectivity index (χ1) is 14.9. The summed E-state index contributed by atoms with van der Waals surface area (Å²) in [6.45, 7) is 1.79. The van der Waals surface area contributed by atoms with E-state index in [0.29, 0.717) is 18.8 Å². The van der Waals surface area contributed by atoms with Crippen LogP contribution in [-0.4, -0.2) is 69.5 Å². The third kappa shape index (κ3) is 5.00. The highest BCUT2D eigenvalue weighted by molar-refractivity contribution is 5.86. The van der Waals surface area contributed by atoms with E-state index in [1.54, 1.807) is 6.07 Å². The van der Waals surface area contributed by atoms with Gasteiger partial charge in [0.15, 0.2) is 5.75 Å². The van der Waals surface area contributed by atoms with Crippen LogP contribution in [0.4, 0.5) is 0 Å². The molecule has 0 unspecified atom stereocenters. The molecular weight excluding hydrogens is 412 g/mol. The number of benzene rings is 1. The molecule has 2 aromatic rings. The predicted molar refractivity (Wildman–Crippen MR) is 108 cm³/mol. The normalized spacial score (nSPS) is 26.4. The molecule has 0 radical (unpaired) electrons. The van der Waals surface area contributed by atoms with E-state index < -0.39 is 48.7 Å². The Kier molecular flexibility index (Phi) is 7.52. The van der Waals surface area contributed by atoms with Crippen molar-refractivity contribution in [1.82, 2.24) is 0 Å². The molecular formula is C21H26O10. The van der Waals surface area contributed by atoms with Crippen molar-refractivity contribution in [2.75, 3.05) is 13.2 Å². The summed E-state index contributed by atoms with van der Waals surface area (Å²) in [4.78, 5) is 12.1. The predicted octanol–water partition coefficient (Wildman–Crippen LogP) is 0.412. The Morgan fingerprint density at radius 1 is 1.13 bits per heavy atom. The first-order valence-corrected chi connectivity index (χ1v) is 9.92. The zero-order valence-corrected chi connectivity index (χ0v) is 16.9. The van der Waals surface area contributed by atoms with Gasteiger partial charge in [-0.3, -0.25) is 0 Å². The molecule has 1 saturated heterocycles. The van der Waals surface area contributed by atoms with E-state index in [4.69, 9.17) is 18.6 Å². The number of fused-ring (bicyclic) bond motifs is 1. The molecule has 1 aliphatic heterocycles. The van der Waals surface area contributed by atoms with Gasteiger partial charge < -0.3 is 44.2 Å². The lowest BCUT2D eigenvalue weighted by Gasteiger charge is -2.39. The van der Waals surface area contributed by atoms with Crippen LogP contribution in [0.1, 0.15) is 19.8 Å². The summed E-state index contributed by atoms with van der Waals surface area (Å²) in [5.74, 6) is -0.763. The van der Waals surface area contributed by atoms with Gasteiger partial charge in [-0.2, -0.15) is 0 Å². The van der Waals surface area contributed by atoms with Crippen LogP contribution in [0, 0.1) is 0 Å². The molecule has 5 atom stereocenters. The molecule has 170 valence electrons. The van der Waals surface area contributed by atoms with Gasteiger partial charge in [0.1, 0.15) is 35.7 Å². The van der Waals surface area contributed by atoms with Gasteiger partial charge in [-0.25, -0.2) is 4.79 Å². The standard InChI is InChI=1S/C21H26O10/c1-2-3-4-5-8-28-11-6-7-12-13(9-11)29-20(27)18(26)19(12)31-21-17(25)16(24)15(23)14(10-22)30-21/h3-4,6-7,9,14-17,21-26H,2,5,8,10H2,1H3/b4-3+/t14-,15+,16+,17-,21+/m1/s1. The van der Waals surface area contributed by atoms with Gasteiger partial charge in [0.05, 0.1) is 18.6 Å². The molecule has 1 aliphatic rings. The lowest BCUT2D eigenvalue weighted by Crippen LogP contribution is -2.60. The van der Waals surface area contributed by atoms with Gasteiger partial charge in [0, 0.05) is 6.07 Å². The zero-order chi connectivity index (χ0) is 22.5. The van der Waals surface area contributed by atoms with Crippen LogP contribution < -0.4 is 15.1 Å². The average Bonchev–Trinajstić information content (AvgIpc) is 2.76. The third-order valence-corrected chi connectivity index (χ3v) is 4.85. The minimum atomic E-state index is -1.71. The Morgan fingerprint density at radius 2 is 1.90 bits per heavy atom. The summed E-state index contributed by atoms with van der Waals surface area (Å²) < 4.78 is 21.5. The Labute approximate surface area is 177 Å². The van der Waals surface area contributed by atoms with Crippen LogP contribution >= 0.6 is 0 Å². The number of hydrogen-bond acceptors (Lipinski definition) is 10. The maximum absolute atomic E-state index is 12.1. The van der Waals surface area contributed by atoms with E-state index in [-0.39, 0.29) is 16.7 Å². The quantitative estimate of drug-likeness (QED) is 0.222. The molecule has 0 aliphatic carbocycles. The number of rotatable bonds is 8. The molecule has 1 aromatic carbocycles. The fourth-order valence-corrected chi connectivity index (χ4v) is 3.16. The second kappa shape index (κ2) is 10.1. The fourth-order valence-electron chi connectivity index (χ4n) is 3.16. The molecule has 10 nitrogen and oxygen atoms in total. The molecule has 3 rings (SSSR count). The minimum absolute atomic E-state index is 0.0593. The highest BCUT2D eigenvalue weighted by atomic mass is 16.7. The topological polar surface area (TPSA) is 159 Å². The number of ether oxygens (including phenoxy) is 3. The van der Waals surface area contributed by atoms with Crippen molar-refractivity contribution in [2.45, 2.75) is 50.5 Å². The molecule has 1 aromatic heterocycles. The number of aromatic hydroxyl groups is 1. The summed E-state index contributed by atoms with van der Waals surface area (Å²) >= 11 is 0. The minimum Gasteiger partial charge on any atom is -0.499 e. The Balaban J connectivity index is 1.87. The summed E-state index contributed by atoms with van der Waals surface area (Å²) in [5, 5.41) is 49.6. The second-order valence-corrected chi connectivity index (χ2v) is 7.06. The highest BCUT2D eigenvalue weighted by Gasteiger charge is 2.45. The van der Waals surface area contributed by atoms with E-state index in [9.17, 15) is 30.3 Å². The van der Waals surface area contributed by atoms with Crippen molar-refractivity contribution in [3.63, 3.8) is 0 Å². The molecule has 0 spiro atoms. The number of aliphatic hydroxyl groups is 4. The number of aliphatic hydroxyl groups excluding tert-OH is 4. The van der Waals surface area contributed by atoms with E-state index in [1.807, 2.05) is 19.1 Å². The van der Waals surface area contributed by atoms with E-state index >= 15 is 0 Å². The third-order valence-electron chi connectivity index (χ3n) is 4.85. The average molecular weight is 438 g/mol. The molecule has 10 heteroatoms. The van der Waals surface area contributed by atoms with Crippen molar-refractivity contribution < 1.29 is 44.2 Å². The lowest BCUT2D eigenvalue weighted by atomic mass is 9.99. The molecule has 2 heterocycles. The van der Waals surface area contributed by atoms with Crippen LogP contribution in [0.3, 0.4) is 0 Å². The summed E-state index contributed by atoms with van der Waals surface area (Å²) in [5.41, 5.74) is -1.03. The SMILES string of the molecule is CC/C=C/CCOc1ccc2c(O[C@@H]3O[C@H](CO)[C@H](O)[C@H](O)[C@H]3O)c(O)c(=O)oc2c1. The Hall–Kier alpha value is -2.63. The van der Waals surface area contributed by atoms with Crippen molar-refractivity contribution in [3.05, 3.63) is 40.8 Å². The van der Waals surface area contributed by atoms with Gasteiger partial charge in [-0.05, 0) is 25.0 Å². The molecule has 5 N–H and O–H groups in total. The second-order valence-electron chi connectivity index (χ2n) is 7.06. The summed E-state index contributed by atoms with van der Waals surface area (Å²) in [7, 11) is 0. The van der Waals surface area contributed by atoms with Crippen molar-refractivity contribution in [3.8, 4) is 17.2 Å². The monoisotopic (exact) mass is 438 g/mol. The molecule has 31 heavy (non-hydrogen) atoms. The molecule has 0 bridgehead atoms. The van der Waals surface area contributed by atoms with Crippen LogP contribution in [0.5, 0.6) is 17.2 Å². The molecule has 0 saturated carbocycles. The largest absolute Gasteiger partial charge is 0.499 e. The fraction of sp³-hybridized carbons (Fsp3) is 0.476. The van der Waals surface area contributed by atoms with E-state index in [0.717, 1.165) is 6.42 Å². The van der Waals surface area contributed by atoms with Gasteiger partial charge in [0.2, 0.25) is 12.0 Å². The number of hydrogen-bond donors (Lipinski definition) is 5. The summed E-state index contributed by atoms with van der Waals surface area (Å²) in [6.07, 6.45) is -2.09. The van der Waals surface area contributed by atoms with Crippen molar-refractivity contribution >= 4 is 11.0 Å². The maximum Gasteiger partial charge on any atom is 0.382 e. The van der Waals surface area contributed by atoms with E-state index in [1.165, 1.54) is 12.1 Å². The molecule has 0 amide bonds. The lowest BCUT2D eigenvalue weighted by molar-refractivity contribution is -0.277. The highest BCUT2D eigenvalue weighted by Crippen LogP contribution is 2.36. The van der Waals surface area contributed by atoms with Crippen LogP contribution in [0.2, 0.25) is 0 Å². The first-order valence-electron chi connectivity index (χ1n) is 9.92. The van der Waals surface area contributed by atoms with Gasteiger partial charge in [-0.15, -0.1) is 0 Å². The van der Waals surface area contributed by atoms with Crippen molar-refractivity contribution in [2.24, 2.45) is 0 Å². The Bertz CT molecular complexity index is 967. The zero-order valence-electron chi connectivity index (χ0n) is 16.9. The van der Waals surface area contributed by atoms with Crippen LogP contribution in [0.25, 0.3) is 11.0 Å². The van der Waals surface area contributed by atoms with Gasteiger partial charge in [-0.1, -0.05) is 19.1 Å². The maximum atomic E-state index is 12.1. The van der Waals surface area contributed by atoms with Gasteiger partial charge in [0.25, 0.3) is 0 Å². The smallest absolute Gasteiger partial charge is 0.382 e. The molecule has 1 fully saturated rings. The van der Waals surface area contributed by atoms with Crippen molar-refractivity contribution in [1.29, 1.82) is 0 Å².